The number of nitrogens with one attached hydrogen (secondary N) is 2. The molecular formula is C19H23ClN2O2. The second-order valence-corrected chi connectivity index (χ2v) is 8.37. The van der Waals surface area contributed by atoms with Gasteiger partial charge in [-0.15, -0.1) is 0 Å². The lowest BCUT2D eigenvalue weighted by molar-refractivity contribution is -0.146. The highest BCUT2D eigenvalue weighted by Gasteiger charge is 2.54. The van der Waals surface area contributed by atoms with Gasteiger partial charge in [-0.2, -0.15) is 0 Å². The van der Waals surface area contributed by atoms with Gasteiger partial charge in [-0.05, 0) is 80.5 Å². The summed E-state index contributed by atoms with van der Waals surface area (Å²) in [5.41, 5.74) is 0.489. The molecule has 0 radical (unpaired) electrons. The van der Waals surface area contributed by atoms with Crippen LogP contribution in [-0.4, -0.2) is 18.4 Å². The fourth-order valence-corrected chi connectivity index (χ4v) is 5.60. The monoisotopic (exact) mass is 346 g/mol. The van der Waals surface area contributed by atoms with Gasteiger partial charge in [0.15, 0.2) is 0 Å². The SMILES string of the molecule is O=C(CNC(=O)C12CC3CC(CC(C3)C1)C2)Nc1ccc(Cl)cc1. The van der Waals surface area contributed by atoms with E-state index in [-0.39, 0.29) is 23.8 Å². The van der Waals surface area contributed by atoms with Crippen molar-refractivity contribution in [3.8, 4) is 0 Å². The zero-order valence-corrected chi connectivity index (χ0v) is 14.4. The lowest BCUT2D eigenvalue weighted by Gasteiger charge is -2.55. The Balaban J connectivity index is 1.33. The Labute approximate surface area is 147 Å². The lowest BCUT2D eigenvalue weighted by Crippen LogP contribution is -2.54. The van der Waals surface area contributed by atoms with E-state index in [9.17, 15) is 9.59 Å². The Kier molecular flexibility index (Phi) is 4.03. The van der Waals surface area contributed by atoms with Crippen LogP contribution in [0.2, 0.25) is 5.02 Å². The van der Waals surface area contributed by atoms with E-state index >= 15 is 0 Å². The van der Waals surface area contributed by atoms with Crippen molar-refractivity contribution in [3.05, 3.63) is 29.3 Å². The summed E-state index contributed by atoms with van der Waals surface area (Å²) in [4.78, 5) is 24.9. The molecular weight excluding hydrogens is 324 g/mol. The molecule has 0 unspecified atom stereocenters. The minimum atomic E-state index is -0.199. The molecule has 128 valence electrons. The first kappa shape index (κ1) is 15.9. The Morgan fingerprint density at radius 2 is 1.54 bits per heavy atom. The van der Waals surface area contributed by atoms with E-state index in [0.29, 0.717) is 10.7 Å². The Hall–Kier alpha value is -1.55. The van der Waals surface area contributed by atoms with Crippen molar-refractivity contribution in [1.29, 1.82) is 0 Å². The fraction of sp³-hybridized carbons (Fsp3) is 0.579. The normalized spacial score (nSPS) is 33.3. The second-order valence-electron chi connectivity index (χ2n) is 7.94. The third kappa shape index (κ3) is 3.04. The smallest absolute Gasteiger partial charge is 0.243 e. The highest BCUT2D eigenvalue weighted by Crippen LogP contribution is 2.60. The molecule has 4 bridgehead atoms. The predicted molar refractivity (Wildman–Crippen MR) is 93.7 cm³/mol. The van der Waals surface area contributed by atoms with Crippen LogP contribution in [0.1, 0.15) is 38.5 Å². The second kappa shape index (κ2) is 6.07. The summed E-state index contributed by atoms with van der Waals surface area (Å²) >= 11 is 5.83. The maximum atomic E-state index is 12.8. The summed E-state index contributed by atoms with van der Waals surface area (Å²) in [5.74, 6) is 2.07. The van der Waals surface area contributed by atoms with Crippen LogP contribution >= 0.6 is 11.6 Å². The maximum Gasteiger partial charge on any atom is 0.243 e. The summed E-state index contributed by atoms with van der Waals surface area (Å²) < 4.78 is 0. The molecule has 1 aromatic rings. The van der Waals surface area contributed by atoms with Crippen LogP contribution in [0, 0.1) is 23.2 Å². The van der Waals surface area contributed by atoms with Gasteiger partial charge in [-0.3, -0.25) is 9.59 Å². The van der Waals surface area contributed by atoms with Crippen molar-refractivity contribution in [2.24, 2.45) is 23.2 Å². The third-order valence-electron chi connectivity index (χ3n) is 6.06. The first-order valence-electron chi connectivity index (χ1n) is 8.86. The average Bonchev–Trinajstić information content (AvgIpc) is 2.53. The zero-order chi connectivity index (χ0) is 16.7. The van der Waals surface area contributed by atoms with Crippen molar-refractivity contribution in [2.75, 3.05) is 11.9 Å². The van der Waals surface area contributed by atoms with Crippen LogP contribution in [0.4, 0.5) is 5.69 Å². The van der Waals surface area contributed by atoms with Gasteiger partial charge in [0.05, 0.1) is 6.54 Å². The molecule has 5 heteroatoms. The first-order chi connectivity index (χ1) is 11.5. The van der Waals surface area contributed by atoms with Gasteiger partial charge in [0.2, 0.25) is 11.8 Å². The topological polar surface area (TPSA) is 58.2 Å². The molecule has 0 atom stereocenters. The molecule has 1 aromatic carbocycles. The van der Waals surface area contributed by atoms with Crippen molar-refractivity contribution in [2.45, 2.75) is 38.5 Å². The van der Waals surface area contributed by atoms with Crippen LogP contribution in [0.25, 0.3) is 0 Å². The molecule has 0 aliphatic heterocycles. The molecule has 24 heavy (non-hydrogen) atoms. The van der Waals surface area contributed by atoms with E-state index in [4.69, 9.17) is 11.6 Å². The molecule has 5 rings (SSSR count). The number of hydrogen-bond donors (Lipinski definition) is 2. The van der Waals surface area contributed by atoms with Crippen LogP contribution in [-0.2, 0) is 9.59 Å². The van der Waals surface area contributed by atoms with Gasteiger partial charge in [-0.25, -0.2) is 0 Å². The van der Waals surface area contributed by atoms with Gasteiger partial charge in [0.1, 0.15) is 0 Å². The summed E-state index contributed by atoms with van der Waals surface area (Å²) in [7, 11) is 0. The van der Waals surface area contributed by atoms with Crippen molar-refractivity contribution < 1.29 is 9.59 Å². The first-order valence-corrected chi connectivity index (χ1v) is 9.24. The largest absolute Gasteiger partial charge is 0.347 e. The lowest BCUT2D eigenvalue weighted by atomic mass is 9.49. The van der Waals surface area contributed by atoms with E-state index in [1.54, 1.807) is 24.3 Å². The van der Waals surface area contributed by atoms with E-state index in [1.165, 1.54) is 19.3 Å². The fourth-order valence-electron chi connectivity index (χ4n) is 5.48. The minimum absolute atomic E-state index is 0.0310. The third-order valence-corrected chi connectivity index (χ3v) is 6.31. The van der Waals surface area contributed by atoms with Gasteiger partial charge < -0.3 is 10.6 Å². The van der Waals surface area contributed by atoms with Gasteiger partial charge in [-0.1, -0.05) is 11.6 Å². The van der Waals surface area contributed by atoms with E-state index in [1.807, 2.05) is 0 Å². The highest BCUT2D eigenvalue weighted by atomic mass is 35.5. The zero-order valence-electron chi connectivity index (χ0n) is 13.7. The minimum Gasteiger partial charge on any atom is -0.347 e. The van der Waals surface area contributed by atoms with Crippen LogP contribution in [0.5, 0.6) is 0 Å². The molecule has 0 aromatic heterocycles. The van der Waals surface area contributed by atoms with Gasteiger partial charge in [0.25, 0.3) is 0 Å². The summed E-state index contributed by atoms with van der Waals surface area (Å²) in [6.07, 6.45) is 6.98. The molecule has 2 N–H and O–H groups in total. The Morgan fingerprint density at radius 3 is 2.08 bits per heavy atom. The number of rotatable bonds is 4. The average molecular weight is 347 g/mol. The number of carbonyl (C=O) groups excluding carboxylic acids is 2. The number of carbonyl (C=O) groups is 2. The van der Waals surface area contributed by atoms with E-state index in [2.05, 4.69) is 10.6 Å². The van der Waals surface area contributed by atoms with Gasteiger partial charge in [0, 0.05) is 16.1 Å². The predicted octanol–water partition coefficient (Wildman–Crippen LogP) is 3.61. The number of amides is 2. The number of halogens is 1. The molecule has 0 saturated heterocycles. The highest BCUT2D eigenvalue weighted by molar-refractivity contribution is 6.30. The van der Waals surface area contributed by atoms with Crippen LogP contribution in [0.3, 0.4) is 0 Å². The Morgan fingerprint density at radius 1 is 1.00 bits per heavy atom. The molecule has 4 nitrogen and oxygen atoms in total. The molecule has 2 amide bonds. The standard InChI is InChI=1S/C19H23ClN2O2/c20-15-1-3-16(4-2-15)22-17(23)11-21-18(24)19-8-12-5-13(9-19)7-14(6-12)10-19/h1-4,12-14H,5-11H2,(H,21,24)(H,22,23). The van der Waals surface area contributed by atoms with E-state index in [0.717, 1.165) is 37.0 Å². The molecule has 4 aliphatic rings. The number of hydrogen-bond acceptors (Lipinski definition) is 2. The summed E-state index contributed by atoms with van der Waals surface area (Å²) in [5, 5.41) is 6.31. The van der Waals surface area contributed by atoms with E-state index < -0.39 is 0 Å². The maximum absolute atomic E-state index is 12.8. The molecule has 0 spiro atoms. The van der Waals surface area contributed by atoms with Crippen molar-refractivity contribution in [3.63, 3.8) is 0 Å². The van der Waals surface area contributed by atoms with Gasteiger partial charge >= 0.3 is 0 Å². The quantitative estimate of drug-likeness (QED) is 0.875. The molecule has 4 fully saturated rings. The van der Waals surface area contributed by atoms with Crippen molar-refractivity contribution >= 4 is 29.1 Å². The number of anilines is 1. The van der Waals surface area contributed by atoms with Crippen LogP contribution in [0.15, 0.2) is 24.3 Å². The Bertz CT molecular complexity index is 621. The number of benzene rings is 1. The van der Waals surface area contributed by atoms with Crippen molar-refractivity contribution in [1.82, 2.24) is 5.32 Å². The summed E-state index contributed by atoms with van der Waals surface area (Å²) in [6.45, 7) is 0.0310. The van der Waals surface area contributed by atoms with Crippen LogP contribution < -0.4 is 10.6 Å². The molecule has 4 aliphatic carbocycles. The molecule has 0 heterocycles. The molecule has 4 saturated carbocycles. The summed E-state index contributed by atoms with van der Waals surface area (Å²) in [6, 6.07) is 6.96.